The summed E-state index contributed by atoms with van der Waals surface area (Å²) < 4.78 is 6.40. The van der Waals surface area contributed by atoms with Gasteiger partial charge in [-0.1, -0.05) is 59.1 Å². The van der Waals surface area contributed by atoms with Gasteiger partial charge in [0.15, 0.2) is 0 Å². The quantitative estimate of drug-likeness (QED) is 0.120. The molecule has 5 rings (SSSR count). The van der Waals surface area contributed by atoms with Gasteiger partial charge in [-0.15, -0.1) is 0 Å². The number of benzene rings is 1. The van der Waals surface area contributed by atoms with Crippen molar-refractivity contribution in [1.29, 1.82) is 10.5 Å². The maximum atomic E-state index is 13.5. The fourth-order valence-corrected chi connectivity index (χ4v) is 8.99. The molecule has 13 nitrogen and oxygen atoms in total. The van der Waals surface area contributed by atoms with Gasteiger partial charge in [0.1, 0.15) is 23.9 Å². The van der Waals surface area contributed by atoms with Crippen LogP contribution in [0, 0.1) is 52.3 Å². The lowest BCUT2D eigenvalue weighted by Gasteiger charge is -2.31. The maximum absolute atomic E-state index is 13.5. The molecule has 0 spiro atoms. The molecule has 1 saturated carbocycles. The van der Waals surface area contributed by atoms with Crippen LogP contribution in [0.5, 0.6) is 5.75 Å². The fraction of sp³-hybridized carbons (Fsp3) is 0.727. The Balaban J connectivity index is 1.13. The highest BCUT2D eigenvalue weighted by atomic mass is 16.5. The fourth-order valence-electron chi connectivity index (χ4n) is 8.99. The zero-order chi connectivity index (χ0) is 40.9. The molecule has 57 heavy (non-hydrogen) atoms. The molecule has 2 unspecified atom stereocenters. The van der Waals surface area contributed by atoms with E-state index in [2.05, 4.69) is 83.9 Å². The molecule has 1 aromatic rings. The molecule has 3 heterocycles. The Morgan fingerprint density at radius 3 is 2.04 bits per heavy atom. The summed E-state index contributed by atoms with van der Waals surface area (Å²) in [7, 11) is 0. The predicted octanol–water partition coefficient (Wildman–Crippen LogP) is 4.12. The molecule has 0 aromatic heterocycles. The van der Waals surface area contributed by atoms with Gasteiger partial charge in [0, 0.05) is 43.8 Å². The standard InChI is InChI=1S/C44H66N8O5/c1-27(2)15-38(48-24-29-9-6-5-7-10-29)43(55)52-36(23-46)19-33-17-34(25-50-42(33)54)30-12-13-31-20-37(57-40(31)21-30)26-49-39(16-28(3)4)44(56)51-35(22-45)18-32-11-8-14-47-41(32)53/h12-13,21,27-29,32-39,48-49H,5-11,14-20,24-26H2,1-4H3,(H,47,53)(H,50,54)(H,51,56)(H,52,55)/t32-,33-,34?,35-,36-,37?,38-,39-/m0/s1. The molecular formula is C44H66N8O5. The van der Waals surface area contributed by atoms with Crippen molar-refractivity contribution in [3.63, 3.8) is 0 Å². The second kappa shape index (κ2) is 21.5. The van der Waals surface area contributed by atoms with Crippen LogP contribution < -0.4 is 36.6 Å². The first-order valence-electron chi connectivity index (χ1n) is 21.6. The second-order valence-corrected chi connectivity index (χ2v) is 17.9. The molecule has 3 fully saturated rings. The summed E-state index contributed by atoms with van der Waals surface area (Å²) in [6.45, 7) is 10.7. The van der Waals surface area contributed by atoms with Crippen molar-refractivity contribution in [1.82, 2.24) is 31.9 Å². The van der Waals surface area contributed by atoms with Crippen molar-refractivity contribution in [3.8, 4) is 17.9 Å². The number of hydrogen-bond acceptors (Lipinski definition) is 9. The number of nitriles is 2. The Labute approximate surface area is 339 Å². The highest BCUT2D eigenvalue weighted by Crippen LogP contribution is 2.36. The molecular weight excluding hydrogens is 721 g/mol. The van der Waals surface area contributed by atoms with E-state index in [-0.39, 0.29) is 59.9 Å². The third-order valence-electron chi connectivity index (χ3n) is 12.2. The largest absolute Gasteiger partial charge is 0.488 e. The lowest BCUT2D eigenvalue weighted by molar-refractivity contribution is -0.128. The zero-order valence-corrected chi connectivity index (χ0v) is 34.5. The van der Waals surface area contributed by atoms with E-state index in [1.54, 1.807) is 0 Å². The summed E-state index contributed by atoms with van der Waals surface area (Å²) in [5.41, 5.74) is 2.11. The molecule has 8 atom stereocenters. The lowest BCUT2D eigenvalue weighted by Crippen LogP contribution is -2.51. The SMILES string of the molecule is CC(C)C[C@H](NCC1Cc2ccc(C3CNC(=O)[C@H](C[C@@H](C#N)NC(=O)[C@H](CC(C)C)NCC4CCCCC4)C3)cc2O1)C(=O)N[C@H](C#N)C[C@@H]1CCCNC1=O. The van der Waals surface area contributed by atoms with Gasteiger partial charge in [0.25, 0.3) is 0 Å². The van der Waals surface area contributed by atoms with E-state index >= 15 is 0 Å². The Hall–Kier alpha value is -4.20. The first-order valence-corrected chi connectivity index (χ1v) is 21.6. The summed E-state index contributed by atoms with van der Waals surface area (Å²) in [5, 5.41) is 38.5. The Morgan fingerprint density at radius 1 is 0.807 bits per heavy atom. The third-order valence-corrected chi connectivity index (χ3v) is 12.2. The Morgan fingerprint density at radius 2 is 1.42 bits per heavy atom. The Kier molecular flexibility index (Phi) is 16.6. The molecule has 3 aliphatic heterocycles. The number of carbonyl (C=O) groups is 4. The van der Waals surface area contributed by atoms with Crippen LogP contribution in [-0.4, -0.2) is 80.1 Å². The van der Waals surface area contributed by atoms with Crippen LogP contribution in [0.25, 0.3) is 0 Å². The number of rotatable bonds is 19. The minimum Gasteiger partial charge on any atom is -0.488 e. The van der Waals surface area contributed by atoms with Gasteiger partial charge < -0.3 is 36.6 Å². The number of fused-ring (bicyclic) bond motifs is 1. The number of piperidine rings is 2. The molecule has 13 heteroatoms. The van der Waals surface area contributed by atoms with E-state index in [9.17, 15) is 29.7 Å². The van der Waals surface area contributed by atoms with Gasteiger partial charge in [-0.25, -0.2) is 0 Å². The lowest BCUT2D eigenvalue weighted by atomic mass is 9.82. The van der Waals surface area contributed by atoms with Crippen LogP contribution in [0.2, 0.25) is 0 Å². The van der Waals surface area contributed by atoms with Gasteiger partial charge in [0.2, 0.25) is 23.6 Å². The molecule has 4 aliphatic rings. The summed E-state index contributed by atoms with van der Waals surface area (Å²) in [6.07, 6.45) is 10.6. The number of nitrogens with zero attached hydrogens (tertiary/aromatic N) is 2. The molecule has 0 bridgehead atoms. The molecule has 1 aliphatic carbocycles. The van der Waals surface area contributed by atoms with Gasteiger partial charge in [-0.05, 0) is 99.3 Å². The van der Waals surface area contributed by atoms with E-state index in [0.29, 0.717) is 70.0 Å². The third kappa shape index (κ3) is 13.2. The Bertz CT molecular complexity index is 1610. The smallest absolute Gasteiger partial charge is 0.238 e. The van der Waals surface area contributed by atoms with E-state index in [1.165, 1.54) is 32.1 Å². The second-order valence-electron chi connectivity index (χ2n) is 17.9. The van der Waals surface area contributed by atoms with Gasteiger partial charge in [-0.3, -0.25) is 19.2 Å². The summed E-state index contributed by atoms with van der Waals surface area (Å²) in [5.74, 6) is 0.642. The van der Waals surface area contributed by atoms with Crippen LogP contribution in [0.1, 0.15) is 122 Å². The highest BCUT2D eigenvalue weighted by molar-refractivity contribution is 5.84. The molecule has 6 N–H and O–H groups in total. The van der Waals surface area contributed by atoms with Crippen molar-refractivity contribution < 1.29 is 23.9 Å². The first kappa shape index (κ1) is 43.9. The normalized spacial score (nSPS) is 24.5. The van der Waals surface area contributed by atoms with E-state index in [0.717, 1.165) is 29.8 Å². The van der Waals surface area contributed by atoms with Crippen LogP contribution in [0.4, 0.5) is 0 Å². The monoisotopic (exact) mass is 787 g/mol. The van der Waals surface area contributed by atoms with Crippen LogP contribution in [0.3, 0.4) is 0 Å². The number of carbonyl (C=O) groups excluding carboxylic acids is 4. The maximum Gasteiger partial charge on any atom is 0.238 e. The van der Waals surface area contributed by atoms with Crippen molar-refractivity contribution in [2.24, 2.45) is 29.6 Å². The van der Waals surface area contributed by atoms with E-state index in [4.69, 9.17) is 4.74 Å². The van der Waals surface area contributed by atoms with Crippen LogP contribution >= 0.6 is 0 Å². The van der Waals surface area contributed by atoms with Crippen molar-refractivity contribution in [2.75, 3.05) is 26.2 Å². The molecule has 1 aromatic carbocycles. The van der Waals surface area contributed by atoms with Crippen LogP contribution in [-0.2, 0) is 25.6 Å². The van der Waals surface area contributed by atoms with Crippen molar-refractivity contribution in [3.05, 3.63) is 29.3 Å². The summed E-state index contributed by atoms with van der Waals surface area (Å²) in [4.78, 5) is 52.2. The summed E-state index contributed by atoms with van der Waals surface area (Å²) in [6, 6.07) is 8.21. The van der Waals surface area contributed by atoms with E-state index in [1.807, 2.05) is 6.07 Å². The van der Waals surface area contributed by atoms with Crippen molar-refractivity contribution >= 4 is 23.6 Å². The predicted molar refractivity (Wildman–Crippen MR) is 218 cm³/mol. The van der Waals surface area contributed by atoms with Crippen molar-refractivity contribution in [2.45, 2.75) is 147 Å². The van der Waals surface area contributed by atoms with Gasteiger partial charge >= 0.3 is 0 Å². The first-order chi connectivity index (χ1) is 27.4. The average Bonchev–Trinajstić information content (AvgIpc) is 3.61. The molecule has 2 saturated heterocycles. The minimum atomic E-state index is -0.777. The number of hydrogen-bond donors (Lipinski definition) is 6. The van der Waals surface area contributed by atoms with E-state index < -0.39 is 24.0 Å². The van der Waals surface area contributed by atoms with Crippen LogP contribution in [0.15, 0.2) is 18.2 Å². The van der Waals surface area contributed by atoms with Gasteiger partial charge in [-0.2, -0.15) is 10.5 Å². The summed E-state index contributed by atoms with van der Waals surface area (Å²) >= 11 is 0. The molecule has 312 valence electrons. The minimum absolute atomic E-state index is 0.0200. The number of nitrogens with one attached hydrogen (secondary N) is 6. The topological polar surface area (TPSA) is 197 Å². The van der Waals surface area contributed by atoms with Gasteiger partial charge in [0.05, 0.1) is 24.2 Å². The molecule has 0 radical (unpaired) electrons. The number of ether oxygens (including phenoxy) is 1. The highest BCUT2D eigenvalue weighted by Gasteiger charge is 2.35. The average molecular weight is 787 g/mol. The number of amides is 4. The molecule has 4 amide bonds. The zero-order valence-electron chi connectivity index (χ0n) is 34.5.